The third kappa shape index (κ3) is 5.23. The molecule has 0 saturated heterocycles. The molecule has 1 aliphatic rings. The predicted octanol–water partition coefficient (Wildman–Crippen LogP) is 4.98. The molecule has 1 heterocycles. The molecule has 0 spiro atoms. The second-order valence-corrected chi connectivity index (χ2v) is 9.70. The molecule has 180 valence electrons. The Kier molecular flexibility index (Phi) is 6.82. The molecule has 5 rings (SSSR count). The summed E-state index contributed by atoms with van der Waals surface area (Å²) in [6, 6.07) is 24.8. The first kappa shape index (κ1) is 23.1. The van der Waals surface area contributed by atoms with E-state index in [-0.39, 0.29) is 17.9 Å². The van der Waals surface area contributed by atoms with Crippen LogP contribution >= 0.6 is 0 Å². The first-order valence-electron chi connectivity index (χ1n) is 12.5. The van der Waals surface area contributed by atoms with E-state index in [1.54, 1.807) is 0 Å². The van der Waals surface area contributed by atoms with E-state index >= 15 is 0 Å². The SMILES string of the molecule is NC[C@H]1CC[C@H](C(=O)NC(Cc2ccccc2)c2cccc(-c3ccc4c(N)n[nH]c4c3)c2)CC1. The van der Waals surface area contributed by atoms with Gasteiger partial charge in [-0.3, -0.25) is 9.89 Å². The van der Waals surface area contributed by atoms with E-state index in [0.29, 0.717) is 18.3 Å². The molecular formula is C29H33N5O. The maximum absolute atomic E-state index is 13.3. The second-order valence-electron chi connectivity index (χ2n) is 9.70. The van der Waals surface area contributed by atoms with Crippen LogP contribution < -0.4 is 16.8 Å². The van der Waals surface area contributed by atoms with Crippen molar-refractivity contribution in [2.24, 2.45) is 17.6 Å². The molecule has 1 fully saturated rings. The summed E-state index contributed by atoms with van der Waals surface area (Å²) in [5, 5.41) is 11.4. The third-order valence-corrected chi connectivity index (χ3v) is 7.36. The molecule has 0 aliphatic heterocycles. The van der Waals surface area contributed by atoms with Crippen molar-refractivity contribution >= 4 is 22.6 Å². The van der Waals surface area contributed by atoms with E-state index < -0.39 is 0 Å². The topological polar surface area (TPSA) is 110 Å². The molecule has 6 nitrogen and oxygen atoms in total. The number of H-pyrrole nitrogens is 1. The van der Waals surface area contributed by atoms with Crippen molar-refractivity contribution in [3.8, 4) is 11.1 Å². The number of carbonyl (C=O) groups excluding carboxylic acids is 1. The molecule has 6 N–H and O–H groups in total. The van der Waals surface area contributed by atoms with Crippen molar-refractivity contribution in [2.45, 2.75) is 38.1 Å². The van der Waals surface area contributed by atoms with Gasteiger partial charge in [-0.05, 0) is 85.0 Å². The lowest BCUT2D eigenvalue weighted by Crippen LogP contribution is -2.37. The predicted molar refractivity (Wildman–Crippen MR) is 141 cm³/mol. The zero-order valence-electron chi connectivity index (χ0n) is 19.9. The van der Waals surface area contributed by atoms with E-state index in [2.05, 4.69) is 64.0 Å². The molecule has 0 radical (unpaired) electrons. The van der Waals surface area contributed by atoms with Crippen LogP contribution in [0.5, 0.6) is 0 Å². The average Bonchev–Trinajstić information content (AvgIpc) is 3.29. The Morgan fingerprint density at radius 1 is 0.971 bits per heavy atom. The van der Waals surface area contributed by atoms with Gasteiger partial charge in [0, 0.05) is 11.3 Å². The maximum atomic E-state index is 13.3. The van der Waals surface area contributed by atoms with Crippen molar-refractivity contribution < 1.29 is 4.79 Å². The average molecular weight is 468 g/mol. The molecular weight excluding hydrogens is 434 g/mol. The molecule has 35 heavy (non-hydrogen) atoms. The Labute approximate surface area is 206 Å². The van der Waals surface area contributed by atoms with Gasteiger partial charge < -0.3 is 16.8 Å². The highest BCUT2D eigenvalue weighted by molar-refractivity contribution is 5.91. The minimum Gasteiger partial charge on any atom is -0.382 e. The summed E-state index contributed by atoms with van der Waals surface area (Å²) in [5.41, 5.74) is 17.2. The van der Waals surface area contributed by atoms with Crippen LogP contribution in [0.4, 0.5) is 5.82 Å². The van der Waals surface area contributed by atoms with E-state index in [1.165, 1.54) is 5.56 Å². The number of aromatic amines is 1. The van der Waals surface area contributed by atoms with Gasteiger partial charge >= 0.3 is 0 Å². The summed E-state index contributed by atoms with van der Waals surface area (Å²) in [4.78, 5) is 13.3. The Bertz CT molecular complexity index is 1290. The Balaban J connectivity index is 1.41. The van der Waals surface area contributed by atoms with Crippen molar-refractivity contribution in [1.29, 1.82) is 0 Å². The lowest BCUT2D eigenvalue weighted by molar-refractivity contribution is -0.127. The Morgan fingerprint density at radius 2 is 1.74 bits per heavy atom. The summed E-state index contributed by atoms with van der Waals surface area (Å²) in [6.07, 6.45) is 4.64. The highest BCUT2D eigenvalue weighted by Crippen LogP contribution is 2.31. The van der Waals surface area contributed by atoms with E-state index in [4.69, 9.17) is 11.5 Å². The lowest BCUT2D eigenvalue weighted by Gasteiger charge is -2.29. The van der Waals surface area contributed by atoms with Crippen LogP contribution in [-0.2, 0) is 11.2 Å². The molecule has 3 aromatic carbocycles. The number of nitrogen functional groups attached to an aromatic ring is 1. The lowest BCUT2D eigenvalue weighted by atomic mass is 9.81. The van der Waals surface area contributed by atoms with Crippen LogP contribution in [0, 0.1) is 11.8 Å². The summed E-state index contributed by atoms with van der Waals surface area (Å²) >= 11 is 0. The number of anilines is 1. The third-order valence-electron chi connectivity index (χ3n) is 7.36. The number of benzene rings is 3. The van der Waals surface area contributed by atoms with Crippen LogP contribution in [0.3, 0.4) is 0 Å². The van der Waals surface area contributed by atoms with Crippen LogP contribution in [0.15, 0.2) is 72.8 Å². The monoisotopic (exact) mass is 467 g/mol. The minimum atomic E-state index is -0.108. The minimum absolute atomic E-state index is 0.0625. The standard InChI is InChI=1S/C29H33N5O/c30-18-20-9-11-21(12-10-20)29(35)32-26(15-19-5-2-1-3-6-19)24-8-4-7-22(16-24)23-13-14-25-27(17-23)33-34-28(25)31/h1-8,13-14,16-17,20-21,26H,9-12,15,18,30H2,(H,32,35)(H3,31,33,34)/t20-,21-,26?. The van der Waals surface area contributed by atoms with Crippen LogP contribution in [0.25, 0.3) is 22.0 Å². The molecule has 1 atom stereocenters. The molecule has 1 aromatic heterocycles. The van der Waals surface area contributed by atoms with Crippen LogP contribution in [0.1, 0.15) is 42.9 Å². The molecule has 0 bridgehead atoms. The summed E-state index contributed by atoms with van der Waals surface area (Å²) in [7, 11) is 0. The van der Waals surface area contributed by atoms with Crippen LogP contribution in [-0.4, -0.2) is 22.6 Å². The number of fused-ring (bicyclic) bond motifs is 1. The largest absolute Gasteiger partial charge is 0.382 e. The molecule has 1 amide bonds. The van der Waals surface area contributed by atoms with E-state index in [0.717, 1.165) is 59.7 Å². The Hall–Kier alpha value is -3.64. The number of amides is 1. The first-order valence-corrected chi connectivity index (χ1v) is 12.5. The van der Waals surface area contributed by atoms with Crippen molar-refractivity contribution in [3.63, 3.8) is 0 Å². The second kappa shape index (κ2) is 10.3. The molecule has 6 heteroatoms. The smallest absolute Gasteiger partial charge is 0.223 e. The van der Waals surface area contributed by atoms with E-state index in [1.807, 2.05) is 24.3 Å². The maximum Gasteiger partial charge on any atom is 0.223 e. The molecule has 4 aromatic rings. The Morgan fingerprint density at radius 3 is 2.51 bits per heavy atom. The fraction of sp³-hybridized carbons (Fsp3) is 0.310. The fourth-order valence-corrected chi connectivity index (χ4v) is 5.21. The zero-order valence-corrected chi connectivity index (χ0v) is 19.9. The van der Waals surface area contributed by atoms with Gasteiger partial charge in [-0.2, -0.15) is 5.10 Å². The molecule has 1 saturated carbocycles. The number of carbonyl (C=O) groups is 1. The van der Waals surface area contributed by atoms with Crippen molar-refractivity contribution in [1.82, 2.24) is 15.5 Å². The first-order chi connectivity index (χ1) is 17.1. The number of hydrogen-bond donors (Lipinski definition) is 4. The van der Waals surface area contributed by atoms with Gasteiger partial charge in [-0.15, -0.1) is 0 Å². The van der Waals surface area contributed by atoms with Gasteiger partial charge in [-0.25, -0.2) is 0 Å². The summed E-state index contributed by atoms with van der Waals surface area (Å²) in [6.45, 7) is 0.717. The number of rotatable bonds is 7. The van der Waals surface area contributed by atoms with Crippen molar-refractivity contribution in [2.75, 3.05) is 12.3 Å². The highest BCUT2D eigenvalue weighted by atomic mass is 16.1. The molecule has 1 aliphatic carbocycles. The summed E-state index contributed by atoms with van der Waals surface area (Å²) < 4.78 is 0. The van der Waals surface area contributed by atoms with Gasteiger partial charge in [0.1, 0.15) is 0 Å². The number of nitrogens with one attached hydrogen (secondary N) is 2. The normalized spacial score (nSPS) is 18.9. The van der Waals surface area contributed by atoms with E-state index in [9.17, 15) is 4.79 Å². The van der Waals surface area contributed by atoms with Gasteiger partial charge in [0.2, 0.25) is 5.91 Å². The quantitative estimate of drug-likeness (QED) is 0.307. The fourth-order valence-electron chi connectivity index (χ4n) is 5.21. The highest BCUT2D eigenvalue weighted by Gasteiger charge is 2.27. The number of nitrogens with two attached hydrogens (primary N) is 2. The number of hydrogen-bond acceptors (Lipinski definition) is 4. The van der Waals surface area contributed by atoms with Gasteiger partial charge in [0.25, 0.3) is 0 Å². The number of aromatic nitrogens is 2. The molecule has 1 unspecified atom stereocenters. The van der Waals surface area contributed by atoms with Gasteiger partial charge in [0.15, 0.2) is 5.82 Å². The van der Waals surface area contributed by atoms with Crippen LogP contribution in [0.2, 0.25) is 0 Å². The van der Waals surface area contributed by atoms with Gasteiger partial charge in [-0.1, -0.05) is 54.6 Å². The number of nitrogens with zero attached hydrogens (tertiary/aromatic N) is 1. The zero-order chi connectivity index (χ0) is 24.2. The summed E-state index contributed by atoms with van der Waals surface area (Å²) in [5.74, 6) is 1.28. The van der Waals surface area contributed by atoms with Gasteiger partial charge in [0.05, 0.1) is 11.6 Å². The van der Waals surface area contributed by atoms with Crippen molar-refractivity contribution in [3.05, 3.63) is 83.9 Å².